The Hall–Kier alpha value is -2.91. The zero-order valence-electron chi connectivity index (χ0n) is 20.9. The van der Waals surface area contributed by atoms with Gasteiger partial charge in [-0.3, -0.25) is 0 Å². The molecule has 0 unspecified atom stereocenters. The van der Waals surface area contributed by atoms with E-state index >= 15 is 0 Å². The average Bonchev–Trinajstić information content (AvgIpc) is 3.57. The fourth-order valence-corrected chi connectivity index (χ4v) is 5.42. The van der Waals surface area contributed by atoms with Crippen molar-refractivity contribution in [3.63, 3.8) is 0 Å². The second-order valence-corrected chi connectivity index (χ2v) is 9.76. The fourth-order valence-electron chi connectivity index (χ4n) is 5.42. The van der Waals surface area contributed by atoms with Crippen LogP contribution in [0.5, 0.6) is 0 Å². The number of anilines is 4. The van der Waals surface area contributed by atoms with E-state index < -0.39 is 0 Å². The highest BCUT2D eigenvalue weighted by Gasteiger charge is 2.23. The Morgan fingerprint density at radius 1 is 1.00 bits per heavy atom. The Bertz CT molecular complexity index is 1100. The largest absolute Gasteiger partial charge is 0.382 e. The Morgan fingerprint density at radius 2 is 1.74 bits per heavy atom. The van der Waals surface area contributed by atoms with Gasteiger partial charge in [-0.25, -0.2) is 4.98 Å². The van der Waals surface area contributed by atoms with E-state index in [1.54, 1.807) is 0 Å². The minimum absolute atomic E-state index is 0.441. The summed E-state index contributed by atoms with van der Waals surface area (Å²) in [7, 11) is 0. The average molecular weight is 478 g/mol. The lowest BCUT2D eigenvalue weighted by atomic mass is 10.2. The van der Waals surface area contributed by atoms with Gasteiger partial charge < -0.3 is 30.7 Å². The Balaban J connectivity index is 1.43. The zero-order chi connectivity index (χ0) is 24.2. The maximum absolute atomic E-state index is 6.40. The van der Waals surface area contributed by atoms with Gasteiger partial charge in [0.15, 0.2) is 11.5 Å². The van der Waals surface area contributed by atoms with E-state index in [9.17, 15) is 0 Å². The van der Waals surface area contributed by atoms with Crippen molar-refractivity contribution in [2.24, 2.45) is 5.73 Å². The molecule has 3 heterocycles. The van der Waals surface area contributed by atoms with Crippen LogP contribution in [0.3, 0.4) is 0 Å². The van der Waals surface area contributed by atoms with Crippen LogP contribution in [0.15, 0.2) is 30.6 Å². The molecule has 0 radical (unpaired) electrons. The second-order valence-electron chi connectivity index (χ2n) is 9.76. The van der Waals surface area contributed by atoms with Gasteiger partial charge >= 0.3 is 0 Å². The van der Waals surface area contributed by atoms with Crippen molar-refractivity contribution in [3.8, 4) is 0 Å². The van der Waals surface area contributed by atoms with Crippen molar-refractivity contribution < 1.29 is 0 Å². The van der Waals surface area contributed by atoms with Crippen LogP contribution in [0.1, 0.15) is 51.5 Å². The highest BCUT2D eigenvalue weighted by molar-refractivity contribution is 5.83. The van der Waals surface area contributed by atoms with Gasteiger partial charge in [0, 0.05) is 50.1 Å². The van der Waals surface area contributed by atoms with Crippen LogP contribution >= 0.6 is 0 Å². The van der Waals surface area contributed by atoms with Gasteiger partial charge in [-0.2, -0.15) is 9.97 Å². The van der Waals surface area contributed by atoms with Crippen LogP contribution in [-0.4, -0.2) is 70.2 Å². The summed E-state index contributed by atoms with van der Waals surface area (Å²) < 4.78 is 2.21. The third-order valence-corrected chi connectivity index (χ3v) is 7.58. The summed E-state index contributed by atoms with van der Waals surface area (Å²) in [6.45, 7) is 9.18. The van der Waals surface area contributed by atoms with Crippen molar-refractivity contribution in [2.75, 3.05) is 61.3 Å². The summed E-state index contributed by atoms with van der Waals surface area (Å²) in [5, 5.41) is 0. The maximum Gasteiger partial charge on any atom is 0.234 e. The van der Waals surface area contributed by atoms with Gasteiger partial charge in [0.25, 0.3) is 0 Å². The number of benzene rings is 1. The number of piperazine rings is 1. The molecule has 5 rings (SSSR count). The molecule has 2 aliphatic rings. The zero-order valence-corrected chi connectivity index (χ0v) is 20.9. The molecule has 0 atom stereocenters. The van der Waals surface area contributed by atoms with E-state index in [4.69, 9.17) is 21.4 Å². The lowest BCUT2D eigenvalue weighted by molar-refractivity contribution is 0.271. The minimum Gasteiger partial charge on any atom is -0.382 e. The third-order valence-electron chi connectivity index (χ3n) is 7.58. The van der Waals surface area contributed by atoms with Crippen molar-refractivity contribution in [3.05, 3.63) is 30.6 Å². The lowest BCUT2D eigenvalue weighted by Gasteiger charge is -2.35. The predicted molar refractivity (Wildman–Crippen MR) is 143 cm³/mol. The standard InChI is InChI=1S/C26H39N9/c1-2-32-15-17-33(18-16-32)20-9-11-22(12-10-20)34(14-6-5-13-27)26-30-24(28)23-25(31-26)35(19-29-23)21-7-3-4-8-21/h9-12,19,21H,2-8,13-18,27H2,1H3,(H2,28,30,31). The molecular weight excluding hydrogens is 438 g/mol. The second kappa shape index (κ2) is 10.8. The van der Waals surface area contributed by atoms with E-state index in [1.807, 2.05) is 6.33 Å². The molecule has 188 valence electrons. The number of aromatic nitrogens is 4. The smallest absolute Gasteiger partial charge is 0.234 e. The van der Waals surface area contributed by atoms with Gasteiger partial charge in [-0.15, -0.1) is 0 Å². The number of hydrogen-bond acceptors (Lipinski definition) is 8. The molecule has 1 aliphatic heterocycles. The quantitative estimate of drug-likeness (QED) is 0.451. The molecule has 1 saturated heterocycles. The van der Waals surface area contributed by atoms with Crippen LogP contribution in [-0.2, 0) is 0 Å². The summed E-state index contributed by atoms with van der Waals surface area (Å²) in [5.41, 5.74) is 16.1. The molecule has 4 N–H and O–H groups in total. The van der Waals surface area contributed by atoms with Gasteiger partial charge in [0.1, 0.15) is 5.52 Å². The molecule has 1 saturated carbocycles. The van der Waals surface area contributed by atoms with Crippen LogP contribution in [0.2, 0.25) is 0 Å². The lowest BCUT2D eigenvalue weighted by Crippen LogP contribution is -2.46. The highest BCUT2D eigenvalue weighted by Crippen LogP contribution is 2.34. The first-order valence-electron chi connectivity index (χ1n) is 13.2. The molecule has 35 heavy (non-hydrogen) atoms. The topological polar surface area (TPSA) is 105 Å². The van der Waals surface area contributed by atoms with E-state index in [-0.39, 0.29) is 0 Å². The highest BCUT2D eigenvalue weighted by atomic mass is 15.3. The van der Waals surface area contributed by atoms with Gasteiger partial charge in [-0.05, 0) is 63.0 Å². The van der Waals surface area contributed by atoms with Crippen LogP contribution in [0.25, 0.3) is 11.2 Å². The fraction of sp³-hybridized carbons (Fsp3) is 0.577. The number of nitrogen functional groups attached to an aromatic ring is 1. The first-order chi connectivity index (χ1) is 17.2. The molecule has 9 heteroatoms. The molecule has 1 aromatic carbocycles. The molecule has 9 nitrogen and oxygen atoms in total. The molecule has 2 aromatic heterocycles. The maximum atomic E-state index is 6.40. The van der Waals surface area contributed by atoms with E-state index in [2.05, 4.69) is 55.4 Å². The van der Waals surface area contributed by atoms with Crippen molar-refractivity contribution in [1.29, 1.82) is 0 Å². The van der Waals surface area contributed by atoms with Gasteiger partial charge in [-0.1, -0.05) is 19.8 Å². The number of fused-ring (bicyclic) bond motifs is 1. The number of hydrogen-bond donors (Lipinski definition) is 2. The summed E-state index contributed by atoms with van der Waals surface area (Å²) in [6, 6.07) is 9.25. The summed E-state index contributed by atoms with van der Waals surface area (Å²) in [5.74, 6) is 1.08. The van der Waals surface area contributed by atoms with Gasteiger partial charge in [0.05, 0.1) is 6.33 Å². The van der Waals surface area contributed by atoms with Crippen LogP contribution < -0.4 is 21.3 Å². The van der Waals surface area contributed by atoms with Crippen LogP contribution in [0, 0.1) is 0 Å². The van der Waals surface area contributed by atoms with Crippen molar-refractivity contribution in [1.82, 2.24) is 24.4 Å². The molecule has 2 fully saturated rings. The SMILES string of the molecule is CCN1CCN(c2ccc(N(CCCCN)c3nc(N)c4ncn(C5CCCC5)c4n3)cc2)CC1. The molecule has 0 bridgehead atoms. The monoisotopic (exact) mass is 477 g/mol. The van der Waals surface area contributed by atoms with E-state index in [0.717, 1.165) is 63.4 Å². The van der Waals surface area contributed by atoms with E-state index in [1.165, 1.54) is 31.4 Å². The number of nitrogens with two attached hydrogens (primary N) is 2. The minimum atomic E-state index is 0.441. The molecule has 0 amide bonds. The number of nitrogens with zero attached hydrogens (tertiary/aromatic N) is 7. The van der Waals surface area contributed by atoms with Crippen LogP contribution in [0.4, 0.5) is 23.1 Å². The Labute approximate surface area is 208 Å². The summed E-state index contributed by atoms with van der Waals surface area (Å²) >= 11 is 0. The molecular formula is C26H39N9. The molecule has 0 spiro atoms. The Morgan fingerprint density at radius 3 is 2.43 bits per heavy atom. The number of unbranched alkanes of at least 4 members (excludes halogenated alkanes) is 1. The third kappa shape index (κ3) is 5.06. The van der Waals surface area contributed by atoms with Crippen molar-refractivity contribution >= 4 is 34.3 Å². The van der Waals surface area contributed by atoms with Crippen molar-refractivity contribution in [2.45, 2.75) is 51.5 Å². The first kappa shape index (κ1) is 23.8. The van der Waals surface area contributed by atoms with E-state index in [0.29, 0.717) is 29.9 Å². The number of likely N-dealkylation sites (N-methyl/N-ethyl adjacent to an activating group) is 1. The normalized spacial score (nSPS) is 17.5. The molecule has 3 aromatic rings. The predicted octanol–water partition coefficient (Wildman–Crippen LogP) is 3.54. The number of imidazole rings is 1. The first-order valence-corrected chi connectivity index (χ1v) is 13.2. The summed E-state index contributed by atoms with van der Waals surface area (Å²) in [4.78, 5) is 21.4. The summed E-state index contributed by atoms with van der Waals surface area (Å²) in [6.07, 6.45) is 8.64. The number of rotatable bonds is 9. The Kier molecular flexibility index (Phi) is 7.34. The molecule has 1 aliphatic carbocycles. The van der Waals surface area contributed by atoms with Gasteiger partial charge in [0.2, 0.25) is 5.95 Å².